The smallest absolute Gasteiger partial charge is 0.251 e. The van der Waals surface area contributed by atoms with Crippen molar-refractivity contribution in [2.75, 3.05) is 20.2 Å². The molecule has 0 atom stereocenters. The van der Waals surface area contributed by atoms with Gasteiger partial charge in [-0.05, 0) is 36.2 Å². The molecule has 0 spiro atoms. The highest BCUT2D eigenvalue weighted by Gasteiger charge is 2.05. The molecule has 0 heterocycles. The number of carbonyl (C=O) groups is 2. The average Bonchev–Trinajstić information content (AvgIpc) is 2.64. The summed E-state index contributed by atoms with van der Waals surface area (Å²) in [5.41, 5.74) is 1.67. The van der Waals surface area contributed by atoms with E-state index in [0.717, 1.165) is 11.3 Å². The molecule has 0 aliphatic heterocycles. The second-order valence-electron chi connectivity index (χ2n) is 5.32. The van der Waals surface area contributed by atoms with Crippen LogP contribution in [0.25, 0.3) is 0 Å². The molecule has 126 valence electrons. The van der Waals surface area contributed by atoms with Gasteiger partial charge in [0.2, 0.25) is 5.91 Å². The van der Waals surface area contributed by atoms with E-state index in [9.17, 15) is 9.59 Å². The van der Waals surface area contributed by atoms with Crippen molar-refractivity contribution in [1.82, 2.24) is 10.6 Å². The summed E-state index contributed by atoms with van der Waals surface area (Å²) in [7, 11) is 1.62. The number of benzene rings is 2. The van der Waals surface area contributed by atoms with Crippen LogP contribution >= 0.6 is 0 Å². The van der Waals surface area contributed by atoms with Crippen LogP contribution in [0.2, 0.25) is 0 Å². The van der Waals surface area contributed by atoms with Gasteiger partial charge < -0.3 is 15.4 Å². The lowest BCUT2D eigenvalue weighted by Crippen LogP contribution is -2.34. The molecule has 5 nitrogen and oxygen atoms in total. The lowest BCUT2D eigenvalue weighted by atomic mass is 10.1. The van der Waals surface area contributed by atoms with Crippen LogP contribution in [0, 0.1) is 0 Å². The van der Waals surface area contributed by atoms with Crippen LogP contribution in [0.1, 0.15) is 22.3 Å². The van der Waals surface area contributed by atoms with Crippen LogP contribution in [0.4, 0.5) is 0 Å². The zero-order valence-electron chi connectivity index (χ0n) is 13.7. The predicted molar refractivity (Wildman–Crippen MR) is 93.1 cm³/mol. The molecule has 0 aromatic heterocycles. The van der Waals surface area contributed by atoms with Gasteiger partial charge in [-0.15, -0.1) is 0 Å². The first-order valence-electron chi connectivity index (χ1n) is 7.92. The van der Waals surface area contributed by atoms with E-state index in [1.54, 1.807) is 19.2 Å². The van der Waals surface area contributed by atoms with Gasteiger partial charge >= 0.3 is 0 Å². The molecule has 0 aliphatic carbocycles. The van der Waals surface area contributed by atoms with Crippen molar-refractivity contribution in [3.05, 3.63) is 65.7 Å². The Bertz CT molecular complexity index is 671. The summed E-state index contributed by atoms with van der Waals surface area (Å²) < 4.78 is 5.16. The predicted octanol–water partition coefficient (Wildman–Crippen LogP) is 2.17. The SMILES string of the molecule is COc1cccc(CCC(=O)NCCNC(=O)c2ccccc2)c1. The summed E-state index contributed by atoms with van der Waals surface area (Å²) in [6.07, 6.45) is 1.05. The fraction of sp³-hybridized carbons (Fsp3) is 0.263. The van der Waals surface area contributed by atoms with Crippen molar-refractivity contribution in [2.45, 2.75) is 12.8 Å². The second-order valence-corrected chi connectivity index (χ2v) is 5.32. The lowest BCUT2D eigenvalue weighted by Gasteiger charge is -2.08. The average molecular weight is 326 g/mol. The Balaban J connectivity index is 1.64. The van der Waals surface area contributed by atoms with Gasteiger partial charge in [0.1, 0.15) is 5.75 Å². The number of hydrogen-bond donors (Lipinski definition) is 2. The van der Waals surface area contributed by atoms with Crippen molar-refractivity contribution in [2.24, 2.45) is 0 Å². The van der Waals surface area contributed by atoms with E-state index in [-0.39, 0.29) is 11.8 Å². The minimum atomic E-state index is -0.138. The normalized spacial score (nSPS) is 10.0. The summed E-state index contributed by atoms with van der Waals surface area (Å²) in [4.78, 5) is 23.7. The third kappa shape index (κ3) is 5.76. The standard InChI is InChI=1S/C19H22N2O3/c1-24-17-9-5-6-15(14-17)10-11-18(22)20-12-13-21-19(23)16-7-3-2-4-8-16/h2-9,14H,10-13H2,1H3,(H,20,22)(H,21,23). The number of hydrogen-bond acceptors (Lipinski definition) is 3. The van der Waals surface area contributed by atoms with Gasteiger partial charge in [0.05, 0.1) is 7.11 Å². The Morgan fingerprint density at radius 1 is 0.958 bits per heavy atom. The number of amides is 2. The first kappa shape index (κ1) is 17.5. The maximum Gasteiger partial charge on any atom is 0.251 e. The topological polar surface area (TPSA) is 67.4 Å². The molecular formula is C19H22N2O3. The van der Waals surface area contributed by atoms with Gasteiger partial charge in [0.15, 0.2) is 0 Å². The molecule has 0 radical (unpaired) electrons. The molecule has 0 aliphatic rings. The van der Waals surface area contributed by atoms with Crippen LogP contribution in [-0.2, 0) is 11.2 Å². The van der Waals surface area contributed by atoms with Crippen LogP contribution < -0.4 is 15.4 Å². The third-order valence-corrected chi connectivity index (χ3v) is 3.54. The first-order chi connectivity index (χ1) is 11.7. The van der Waals surface area contributed by atoms with Gasteiger partial charge in [0.25, 0.3) is 5.91 Å². The first-order valence-corrected chi connectivity index (χ1v) is 7.92. The zero-order chi connectivity index (χ0) is 17.2. The maximum absolute atomic E-state index is 11.8. The maximum atomic E-state index is 11.8. The van der Waals surface area contributed by atoms with E-state index in [0.29, 0.717) is 31.5 Å². The molecule has 5 heteroatoms. The molecule has 0 fully saturated rings. The molecule has 2 rings (SSSR count). The Hall–Kier alpha value is -2.82. The summed E-state index contributed by atoms with van der Waals surface area (Å²) in [5.74, 6) is 0.615. The summed E-state index contributed by atoms with van der Waals surface area (Å²) in [6.45, 7) is 0.814. The minimum absolute atomic E-state index is 0.0354. The van der Waals surface area contributed by atoms with Crippen LogP contribution in [0.3, 0.4) is 0 Å². The lowest BCUT2D eigenvalue weighted by molar-refractivity contribution is -0.121. The number of rotatable bonds is 8. The number of nitrogens with one attached hydrogen (secondary N) is 2. The molecular weight excluding hydrogens is 304 g/mol. The fourth-order valence-electron chi connectivity index (χ4n) is 2.24. The molecule has 0 unspecified atom stereocenters. The van der Waals surface area contributed by atoms with Crippen molar-refractivity contribution in [3.8, 4) is 5.75 Å². The Morgan fingerprint density at radius 2 is 1.71 bits per heavy atom. The van der Waals surface area contributed by atoms with Gasteiger partial charge in [-0.1, -0.05) is 30.3 Å². The molecule has 24 heavy (non-hydrogen) atoms. The number of ether oxygens (including phenoxy) is 1. The Kier molecular flexibility index (Phi) is 6.83. The molecule has 2 N–H and O–H groups in total. The number of aryl methyl sites for hydroxylation is 1. The van der Waals surface area contributed by atoms with Crippen molar-refractivity contribution in [1.29, 1.82) is 0 Å². The summed E-state index contributed by atoms with van der Waals surface area (Å²) in [5, 5.41) is 5.58. The van der Waals surface area contributed by atoms with E-state index in [1.165, 1.54) is 0 Å². The number of carbonyl (C=O) groups excluding carboxylic acids is 2. The highest BCUT2D eigenvalue weighted by molar-refractivity contribution is 5.94. The second kappa shape index (κ2) is 9.35. The van der Waals surface area contributed by atoms with Gasteiger partial charge in [-0.2, -0.15) is 0 Å². The summed E-state index contributed by atoms with van der Waals surface area (Å²) >= 11 is 0. The van der Waals surface area contributed by atoms with Crippen molar-refractivity contribution < 1.29 is 14.3 Å². The van der Waals surface area contributed by atoms with Gasteiger partial charge in [-0.3, -0.25) is 9.59 Å². The quantitative estimate of drug-likeness (QED) is 0.731. The van der Waals surface area contributed by atoms with Gasteiger partial charge in [-0.25, -0.2) is 0 Å². The zero-order valence-corrected chi connectivity index (χ0v) is 13.7. The van der Waals surface area contributed by atoms with E-state index < -0.39 is 0 Å². The third-order valence-electron chi connectivity index (χ3n) is 3.54. The molecule has 2 aromatic rings. The minimum Gasteiger partial charge on any atom is -0.497 e. The van der Waals surface area contributed by atoms with Gasteiger partial charge in [0, 0.05) is 25.1 Å². The van der Waals surface area contributed by atoms with Crippen molar-refractivity contribution >= 4 is 11.8 Å². The monoisotopic (exact) mass is 326 g/mol. The molecule has 2 amide bonds. The fourth-order valence-corrected chi connectivity index (χ4v) is 2.24. The highest BCUT2D eigenvalue weighted by atomic mass is 16.5. The Morgan fingerprint density at radius 3 is 2.46 bits per heavy atom. The highest BCUT2D eigenvalue weighted by Crippen LogP contribution is 2.13. The Labute approximate surface area is 142 Å². The molecule has 0 saturated carbocycles. The molecule has 0 saturated heterocycles. The summed E-state index contributed by atoms with van der Waals surface area (Å²) in [6, 6.07) is 16.7. The van der Waals surface area contributed by atoms with E-state index in [2.05, 4.69) is 10.6 Å². The largest absolute Gasteiger partial charge is 0.497 e. The van der Waals surface area contributed by atoms with E-state index >= 15 is 0 Å². The number of methoxy groups -OCH3 is 1. The van der Waals surface area contributed by atoms with Crippen molar-refractivity contribution in [3.63, 3.8) is 0 Å². The van der Waals surface area contributed by atoms with E-state index in [1.807, 2.05) is 42.5 Å². The van der Waals surface area contributed by atoms with Crippen LogP contribution in [0.5, 0.6) is 5.75 Å². The molecule has 2 aromatic carbocycles. The van der Waals surface area contributed by atoms with Crippen LogP contribution in [-0.4, -0.2) is 32.0 Å². The molecule has 0 bridgehead atoms. The van der Waals surface area contributed by atoms with Crippen LogP contribution in [0.15, 0.2) is 54.6 Å². The van der Waals surface area contributed by atoms with E-state index in [4.69, 9.17) is 4.74 Å².